The highest BCUT2D eigenvalue weighted by atomic mass is 16.5. The van der Waals surface area contributed by atoms with Crippen LogP contribution in [0.4, 0.5) is 0 Å². The molecule has 1 aliphatic heterocycles. The van der Waals surface area contributed by atoms with Gasteiger partial charge >= 0.3 is 0 Å². The number of hydrogen-bond acceptors (Lipinski definition) is 7. The molecule has 7 heteroatoms. The molecule has 7 nitrogen and oxygen atoms in total. The van der Waals surface area contributed by atoms with Gasteiger partial charge in [0.2, 0.25) is 0 Å². The molecule has 4 N–H and O–H groups in total. The molecular weight excluding hydrogens is 290 g/mol. The number of fused-ring (bicyclic) bond motifs is 1. The molecule has 0 saturated carbocycles. The van der Waals surface area contributed by atoms with Crippen LogP contribution in [0.2, 0.25) is 0 Å². The lowest BCUT2D eigenvalue weighted by Gasteiger charge is -2.34. The summed E-state index contributed by atoms with van der Waals surface area (Å²) in [6, 6.07) is 1.80. The molecule has 22 heavy (non-hydrogen) atoms. The third-order valence-corrected chi connectivity index (χ3v) is 4.00. The highest BCUT2D eigenvalue weighted by Crippen LogP contribution is 2.41. The van der Waals surface area contributed by atoms with Crippen LogP contribution in [-0.4, -0.2) is 32.6 Å². The summed E-state index contributed by atoms with van der Waals surface area (Å²) < 4.78 is 5.74. The van der Waals surface area contributed by atoms with Crippen molar-refractivity contribution in [2.24, 2.45) is 11.1 Å². The van der Waals surface area contributed by atoms with Crippen molar-refractivity contribution in [1.82, 2.24) is 0 Å². The van der Waals surface area contributed by atoms with Crippen molar-refractivity contribution in [1.29, 1.82) is 0 Å². The molecule has 0 amide bonds. The molecule has 0 radical (unpaired) electrons. The summed E-state index contributed by atoms with van der Waals surface area (Å²) >= 11 is 0. The highest BCUT2D eigenvalue weighted by molar-refractivity contribution is 5.51. The first kappa shape index (κ1) is 14.2. The Hall–Kier alpha value is -2.70. The van der Waals surface area contributed by atoms with Gasteiger partial charge in [-0.2, -0.15) is 4.91 Å². The van der Waals surface area contributed by atoms with Crippen molar-refractivity contribution in [3.05, 3.63) is 46.3 Å². The number of aliphatic hydroxyl groups is 2. The largest absolute Gasteiger partial charge is 0.508 e. The van der Waals surface area contributed by atoms with Gasteiger partial charge < -0.3 is 25.2 Å². The van der Waals surface area contributed by atoms with E-state index in [1.165, 1.54) is 24.3 Å². The molecule has 1 heterocycles. The van der Waals surface area contributed by atoms with Gasteiger partial charge in [-0.15, -0.1) is 0 Å². The lowest BCUT2D eigenvalue weighted by atomic mass is 9.85. The number of nitrogens with zero attached hydrogens (tertiary/aromatic N) is 1. The van der Waals surface area contributed by atoms with Crippen molar-refractivity contribution in [2.75, 3.05) is 0 Å². The Kier molecular flexibility index (Phi) is 3.40. The Morgan fingerprint density at radius 1 is 1.14 bits per heavy atom. The number of aliphatic hydroxyl groups excluding tert-OH is 2. The van der Waals surface area contributed by atoms with Crippen molar-refractivity contribution >= 4 is 0 Å². The molecule has 1 aromatic rings. The van der Waals surface area contributed by atoms with Crippen molar-refractivity contribution < 1.29 is 25.2 Å². The van der Waals surface area contributed by atoms with E-state index >= 15 is 0 Å². The van der Waals surface area contributed by atoms with E-state index in [9.17, 15) is 25.3 Å². The van der Waals surface area contributed by atoms with Crippen LogP contribution in [0, 0.1) is 10.8 Å². The summed E-state index contributed by atoms with van der Waals surface area (Å²) in [4.78, 5) is 11.1. The monoisotopic (exact) mass is 305 g/mol. The first-order chi connectivity index (χ1) is 10.5. The van der Waals surface area contributed by atoms with Gasteiger partial charge in [0.1, 0.15) is 29.4 Å². The minimum absolute atomic E-state index is 0.146. The number of hydrogen-bond donors (Lipinski definition) is 4. The minimum Gasteiger partial charge on any atom is -0.508 e. The Labute approximate surface area is 125 Å². The zero-order chi connectivity index (χ0) is 15.9. The van der Waals surface area contributed by atoms with E-state index in [2.05, 4.69) is 5.18 Å². The minimum atomic E-state index is -0.745. The maximum Gasteiger partial charge on any atom is 0.153 e. The lowest BCUT2D eigenvalue weighted by Crippen LogP contribution is -2.41. The van der Waals surface area contributed by atoms with Gasteiger partial charge in [-0.05, 0) is 18.6 Å². The average Bonchev–Trinajstić information content (AvgIpc) is 2.48. The van der Waals surface area contributed by atoms with Crippen molar-refractivity contribution in [3.63, 3.8) is 0 Å². The quantitative estimate of drug-likeness (QED) is 0.623. The van der Waals surface area contributed by atoms with E-state index in [1.54, 1.807) is 0 Å². The number of phenolic OH excluding ortho intramolecular Hbond substituents is 2. The smallest absolute Gasteiger partial charge is 0.153 e. The SMILES string of the molecule is O=N[C@@H]1Cc2c(O)cc(O)cc2O[C@H]1C1C=C(O)C(O)=CC1. The number of aromatic hydroxyl groups is 2. The Balaban J connectivity index is 1.94. The van der Waals surface area contributed by atoms with Gasteiger partial charge in [0, 0.05) is 30.0 Å². The predicted octanol–water partition coefficient (Wildman–Crippen LogP) is 2.44. The third kappa shape index (κ3) is 2.34. The zero-order valence-corrected chi connectivity index (χ0v) is 11.5. The fraction of sp³-hybridized carbons (Fsp3) is 0.333. The number of ether oxygens (including phenoxy) is 1. The molecule has 116 valence electrons. The number of nitroso groups, excluding NO2 is 1. The zero-order valence-electron chi connectivity index (χ0n) is 11.5. The van der Waals surface area contributed by atoms with E-state index < -0.39 is 12.1 Å². The molecule has 3 rings (SSSR count). The third-order valence-electron chi connectivity index (χ3n) is 4.00. The standard InChI is InChI=1S/C15H15NO6/c17-8-4-12(19)9-6-10(16-21)15(22-14(9)5-8)7-1-2-11(18)13(20)3-7/h2-5,7,10,15,17-20H,1,6H2/t7?,10-,15+/m1/s1. The van der Waals surface area contributed by atoms with Gasteiger partial charge in [-0.1, -0.05) is 5.18 Å². The maximum atomic E-state index is 11.1. The van der Waals surface area contributed by atoms with Crippen LogP contribution in [0.1, 0.15) is 12.0 Å². The van der Waals surface area contributed by atoms with Crippen molar-refractivity contribution in [3.8, 4) is 17.2 Å². The second-order valence-corrected chi connectivity index (χ2v) is 5.44. The first-order valence-corrected chi connectivity index (χ1v) is 6.84. The van der Waals surface area contributed by atoms with Crippen LogP contribution in [-0.2, 0) is 6.42 Å². The van der Waals surface area contributed by atoms with Crippen LogP contribution < -0.4 is 4.74 Å². The summed E-state index contributed by atoms with van der Waals surface area (Å²) in [5, 5.41) is 41.5. The van der Waals surface area contributed by atoms with E-state index in [-0.39, 0.29) is 41.1 Å². The fourth-order valence-electron chi connectivity index (χ4n) is 2.88. The van der Waals surface area contributed by atoms with Gasteiger partial charge in [0.05, 0.1) is 0 Å². The summed E-state index contributed by atoms with van der Waals surface area (Å²) in [7, 11) is 0. The van der Waals surface area contributed by atoms with Crippen LogP contribution >= 0.6 is 0 Å². The van der Waals surface area contributed by atoms with E-state index in [1.807, 2.05) is 0 Å². The molecule has 0 fully saturated rings. The molecule has 0 saturated heterocycles. The Morgan fingerprint density at radius 2 is 1.91 bits per heavy atom. The van der Waals surface area contributed by atoms with E-state index in [0.29, 0.717) is 12.0 Å². The van der Waals surface area contributed by atoms with Crippen LogP contribution in [0.15, 0.2) is 41.0 Å². The molecule has 0 spiro atoms. The summed E-state index contributed by atoms with van der Waals surface area (Å²) in [5.41, 5.74) is 0.418. The molecule has 0 aromatic heterocycles. The molecule has 2 aliphatic rings. The van der Waals surface area contributed by atoms with Crippen LogP contribution in [0.3, 0.4) is 0 Å². The molecule has 3 atom stereocenters. The normalized spacial score (nSPS) is 27.2. The van der Waals surface area contributed by atoms with Crippen LogP contribution in [0.5, 0.6) is 17.2 Å². The predicted molar refractivity (Wildman–Crippen MR) is 77.0 cm³/mol. The lowest BCUT2D eigenvalue weighted by molar-refractivity contribution is 0.107. The van der Waals surface area contributed by atoms with Crippen LogP contribution in [0.25, 0.3) is 0 Å². The Bertz CT molecular complexity index is 681. The second kappa shape index (κ2) is 5.25. The number of phenols is 2. The molecule has 1 unspecified atom stereocenters. The van der Waals surface area contributed by atoms with Crippen molar-refractivity contribution in [2.45, 2.75) is 25.0 Å². The fourth-order valence-corrected chi connectivity index (χ4v) is 2.88. The highest BCUT2D eigenvalue weighted by Gasteiger charge is 2.38. The van der Waals surface area contributed by atoms with Gasteiger partial charge in [-0.3, -0.25) is 0 Å². The van der Waals surface area contributed by atoms with E-state index in [0.717, 1.165) is 0 Å². The second-order valence-electron chi connectivity index (χ2n) is 5.44. The number of rotatable bonds is 2. The molecule has 1 aliphatic carbocycles. The summed E-state index contributed by atoms with van der Waals surface area (Å²) in [6.45, 7) is 0. The maximum absolute atomic E-state index is 11.1. The molecular formula is C15H15NO6. The van der Waals surface area contributed by atoms with Gasteiger partial charge in [0.15, 0.2) is 11.5 Å². The first-order valence-electron chi connectivity index (χ1n) is 6.84. The topological polar surface area (TPSA) is 120 Å². The number of benzene rings is 1. The Morgan fingerprint density at radius 3 is 2.59 bits per heavy atom. The number of allylic oxidation sites excluding steroid dienone is 1. The van der Waals surface area contributed by atoms with Gasteiger partial charge in [-0.25, -0.2) is 0 Å². The molecule has 0 bridgehead atoms. The molecule has 1 aromatic carbocycles. The van der Waals surface area contributed by atoms with Gasteiger partial charge in [0.25, 0.3) is 0 Å². The van der Waals surface area contributed by atoms with E-state index in [4.69, 9.17) is 4.74 Å². The summed E-state index contributed by atoms with van der Waals surface area (Å²) in [5.74, 6) is -0.841. The average molecular weight is 305 g/mol. The summed E-state index contributed by atoms with van der Waals surface area (Å²) in [6.07, 6.45) is 2.77.